The number of alkyl halides is 3. The van der Waals surface area contributed by atoms with E-state index in [-0.39, 0.29) is 12.2 Å². The number of carboxylic acids is 1. The maximum Gasteiger partial charge on any atom is 0.416 e. The van der Waals surface area contributed by atoms with Gasteiger partial charge in [-0.05, 0) is 18.1 Å². The molecule has 25 heavy (non-hydrogen) atoms. The summed E-state index contributed by atoms with van der Waals surface area (Å²) in [4.78, 5) is 22.7. The van der Waals surface area contributed by atoms with E-state index in [1.54, 1.807) is 0 Å². The van der Waals surface area contributed by atoms with Crippen LogP contribution in [-0.2, 0) is 31.7 Å². The lowest BCUT2D eigenvalue weighted by Crippen LogP contribution is -2.50. The molecule has 2 rings (SSSR count). The highest BCUT2D eigenvalue weighted by atomic mass is 19.4. The van der Waals surface area contributed by atoms with Crippen molar-refractivity contribution in [3.63, 3.8) is 0 Å². The lowest BCUT2D eigenvalue weighted by molar-refractivity contribution is -0.149. The molecule has 138 valence electrons. The summed E-state index contributed by atoms with van der Waals surface area (Å²) in [5.41, 5.74) is -0.974. The lowest BCUT2D eigenvalue weighted by atomic mass is 10.0. The molecule has 2 N–H and O–H groups in total. The first-order valence-electron chi connectivity index (χ1n) is 7.63. The Morgan fingerprint density at radius 3 is 2.72 bits per heavy atom. The van der Waals surface area contributed by atoms with Gasteiger partial charge in [0.15, 0.2) is 0 Å². The Bertz CT molecular complexity index is 620. The fourth-order valence-corrected chi connectivity index (χ4v) is 2.60. The van der Waals surface area contributed by atoms with E-state index < -0.39 is 48.8 Å². The van der Waals surface area contributed by atoms with Crippen LogP contribution in [0, 0.1) is 0 Å². The van der Waals surface area contributed by atoms with E-state index in [9.17, 15) is 22.8 Å². The molecule has 1 aliphatic heterocycles. The van der Waals surface area contributed by atoms with E-state index in [1.165, 1.54) is 18.2 Å². The topological polar surface area (TPSA) is 84.9 Å². The molecule has 0 spiro atoms. The predicted octanol–water partition coefficient (Wildman–Crippen LogP) is 1.62. The molecule has 1 aliphatic rings. The zero-order valence-corrected chi connectivity index (χ0v) is 13.2. The molecular weight excluding hydrogens is 343 g/mol. The van der Waals surface area contributed by atoms with Gasteiger partial charge in [-0.15, -0.1) is 0 Å². The monoisotopic (exact) mass is 361 g/mol. The van der Waals surface area contributed by atoms with E-state index in [0.717, 1.165) is 6.07 Å². The third kappa shape index (κ3) is 5.71. The molecule has 0 bridgehead atoms. The molecule has 0 aromatic heterocycles. The van der Waals surface area contributed by atoms with Crippen LogP contribution in [0.4, 0.5) is 13.2 Å². The minimum absolute atomic E-state index is 0.108. The number of ether oxygens (including phenoxy) is 2. The molecule has 0 radical (unpaired) electrons. The van der Waals surface area contributed by atoms with Crippen LogP contribution in [0.25, 0.3) is 0 Å². The molecular formula is C16H18F3NO5. The maximum atomic E-state index is 13.0. The van der Waals surface area contributed by atoms with Gasteiger partial charge in [0.1, 0.15) is 12.7 Å². The highest BCUT2D eigenvalue weighted by Gasteiger charge is 2.34. The summed E-state index contributed by atoms with van der Waals surface area (Å²) in [7, 11) is 0. The number of hydrogen-bond donors (Lipinski definition) is 2. The van der Waals surface area contributed by atoms with Gasteiger partial charge in [0.25, 0.3) is 0 Å². The Morgan fingerprint density at radius 2 is 2.04 bits per heavy atom. The van der Waals surface area contributed by atoms with Gasteiger partial charge in [0.05, 0.1) is 24.6 Å². The summed E-state index contributed by atoms with van der Waals surface area (Å²) in [5.74, 6) is -1.75. The summed E-state index contributed by atoms with van der Waals surface area (Å²) >= 11 is 0. The van der Waals surface area contributed by atoms with Crippen LogP contribution in [0.2, 0.25) is 0 Å². The molecule has 6 nitrogen and oxygen atoms in total. The minimum atomic E-state index is -4.54. The first-order valence-corrected chi connectivity index (χ1v) is 7.63. The number of carbonyl (C=O) groups is 2. The van der Waals surface area contributed by atoms with Crippen molar-refractivity contribution in [2.75, 3.05) is 19.8 Å². The molecule has 1 aromatic carbocycles. The van der Waals surface area contributed by atoms with Gasteiger partial charge >= 0.3 is 12.1 Å². The number of halogens is 3. The smallest absolute Gasteiger partial charge is 0.416 e. The highest BCUT2D eigenvalue weighted by Crippen LogP contribution is 2.32. The van der Waals surface area contributed by atoms with Gasteiger partial charge in [-0.3, -0.25) is 4.79 Å². The van der Waals surface area contributed by atoms with Crippen LogP contribution >= 0.6 is 0 Å². The first-order chi connectivity index (χ1) is 11.8. The summed E-state index contributed by atoms with van der Waals surface area (Å²) < 4.78 is 49.3. The molecule has 2 atom stereocenters. The van der Waals surface area contributed by atoms with E-state index in [1.807, 2.05) is 0 Å². The van der Waals surface area contributed by atoms with Crippen molar-refractivity contribution in [1.82, 2.24) is 5.32 Å². The van der Waals surface area contributed by atoms with Crippen molar-refractivity contribution in [3.05, 3.63) is 35.4 Å². The molecule has 0 saturated carbocycles. The van der Waals surface area contributed by atoms with Crippen molar-refractivity contribution in [2.45, 2.75) is 31.2 Å². The standard InChI is InChI=1S/C16H18F3NO5/c17-16(18,19)11-4-2-1-3-10(11)7-14(21)20-12-5-6-24-8-13(12)25-9-15(22)23/h1-4,12-13H,5-9H2,(H,20,21)(H,22,23)/t12-,13-/m1/s1. The normalized spacial score (nSPS) is 20.9. The Morgan fingerprint density at radius 1 is 1.32 bits per heavy atom. The number of carbonyl (C=O) groups excluding carboxylic acids is 1. The van der Waals surface area contributed by atoms with Crippen molar-refractivity contribution >= 4 is 11.9 Å². The van der Waals surface area contributed by atoms with Crippen molar-refractivity contribution < 1.29 is 37.3 Å². The third-order valence-electron chi connectivity index (χ3n) is 3.75. The third-order valence-corrected chi connectivity index (χ3v) is 3.75. The SMILES string of the molecule is O=C(O)CO[C@@H]1COCC[C@H]1NC(=O)Cc1ccccc1C(F)(F)F. The second-order valence-electron chi connectivity index (χ2n) is 5.61. The second kappa shape index (κ2) is 8.30. The van der Waals surface area contributed by atoms with Gasteiger partial charge in [-0.2, -0.15) is 13.2 Å². The number of carboxylic acid groups (broad SMARTS) is 1. The Kier molecular flexibility index (Phi) is 6.38. The number of hydrogen-bond acceptors (Lipinski definition) is 4. The zero-order chi connectivity index (χ0) is 18.4. The number of aliphatic carboxylic acids is 1. The highest BCUT2D eigenvalue weighted by molar-refractivity contribution is 5.79. The number of benzene rings is 1. The average Bonchev–Trinajstić information content (AvgIpc) is 2.53. The van der Waals surface area contributed by atoms with Crippen LogP contribution in [0.3, 0.4) is 0 Å². The summed E-state index contributed by atoms with van der Waals surface area (Å²) in [6, 6.07) is 4.36. The van der Waals surface area contributed by atoms with Crippen molar-refractivity contribution in [3.8, 4) is 0 Å². The number of rotatable bonds is 6. The summed E-state index contributed by atoms with van der Waals surface area (Å²) in [5, 5.41) is 11.3. The number of amides is 1. The Balaban J connectivity index is 2.00. The molecule has 1 amide bonds. The first kappa shape index (κ1) is 19.2. The predicted molar refractivity (Wildman–Crippen MR) is 79.9 cm³/mol. The molecule has 0 aliphatic carbocycles. The van der Waals surface area contributed by atoms with E-state index >= 15 is 0 Å². The quantitative estimate of drug-likeness (QED) is 0.804. The molecule has 1 heterocycles. The van der Waals surface area contributed by atoms with E-state index in [0.29, 0.717) is 13.0 Å². The molecule has 1 fully saturated rings. The summed E-state index contributed by atoms with van der Waals surface area (Å²) in [6.45, 7) is -0.0916. The van der Waals surface area contributed by atoms with Gasteiger partial charge in [-0.1, -0.05) is 18.2 Å². The Labute approximate surface area is 141 Å². The maximum absolute atomic E-state index is 13.0. The van der Waals surface area contributed by atoms with Gasteiger partial charge in [0.2, 0.25) is 5.91 Å². The van der Waals surface area contributed by atoms with Crippen LogP contribution in [0.5, 0.6) is 0 Å². The number of nitrogens with one attached hydrogen (secondary N) is 1. The second-order valence-corrected chi connectivity index (χ2v) is 5.61. The van der Waals surface area contributed by atoms with E-state index in [4.69, 9.17) is 14.6 Å². The van der Waals surface area contributed by atoms with Crippen molar-refractivity contribution in [2.24, 2.45) is 0 Å². The van der Waals surface area contributed by atoms with Crippen LogP contribution < -0.4 is 5.32 Å². The van der Waals surface area contributed by atoms with Gasteiger partial charge < -0.3 is 19.9 Å². The van der Waals surface area contributed by atoms with Gasteiger partial charge in [0, 0.05) is 6.61 Å². The lowest BCUT2D eigenvalue weighted by Gasteiger charge is -2.31. The zero-order valence-electron chi connectivity index (χ0n) is 13.2. The Hall–Kier alpha value is -2.13. The van der Waals surface area contributed by atoms with Crippen LogP contribution in [0.15, 0.2) is 24.3 Å². The molecule has 9 heteroatoms. The van der Waals surface area contributed by atoms with Crippen LogP contribution in [-0.4, -0.2) is 48.9 Å². The molecule has 0 unspecified atom stereocenters. The fraction of sp³-hybridized carbons (Fsp3) is 0.500. The largest absolute Gasteiger partial charge is 0.480 e. The van der Waals surface area contributed by atoms with Crippen molar-refractivity contribution in [1.29, 1.82) is 0 Å². The summed E-state index contributed by atoms with van der Waals surface area (Å²) in [6.07, 6.45) is -5.25. The minimum Gasteiger partial charge on any atom is -0.480 e. The van der Waals surface area contributed by atoms with E-state index in [2.05, 4.69) is 5.32 Å². The fourth-order valence-electron chi connectivity index (χ4n) is 2.60. The van der Waals surface area contributed by atoms with Gasteiger partial charge in [-0.25, -0.2) is 4.79 Å². The van der Waals surface area contributed by atoms with Crippen LogP contribution in [0.1, 0.15) is 17.5 Å². The average molecular weight is 361 g/mol. The molecule has 1 saturated heterocycles. The molecule has 1 aromatic rings.